The van der Waals surface area contributed by atoms with Crippen LogP contribution in [0, 0.1) is 6.92 Å². The summed E-state index contributed by atoms with van der Waals surface area (Å²) >= 11 is 6.18. The molecule has 1 aliphatic heterocycles. The molecule has 2 nitrogen and oxygen atoms in total. The summed E-state index contributed by atoms with van der Waals surface area (Å²) in [5, 5.41) is 4.21. The average Bonchev–Trinajstić information content (AvgIpc) is 2.56. The Kier molecular flexibility index (Phi) is 2.41. The van der Waals surface area contributed by atoms with E-state index in [4.69, 9.17) is 17.3 Å². The molecule has 2 atom stereocenters. The van der Waals surface area contributed by atoms with Gasteiger partial charge in [0, 0.05) is 34.8 Å². The molecule has 0 bridgehead atoms. The van der Waals surface area contributed by atoms with Crippen molar-refractivity contribution < 1.29 is 0 Å². The van der Waals surface area contributed by atoms with E-state index < -0.39 is 0 Å². The van der Waals surface area contributed by atoms with E-state index in [2.05, 4.69) is 12.2 Å². The van der Waals surface area contributed by atoms with Crippen molar-refractivity contribution in [1.82, 2.24) is 0 Å². The molecule has 3 N–H and O–H groups in total. The van der Waals surface area contributed by atoms with Crippen LogP contribution in [0.15, 0.2) is 12.1 Å². The molecule has 2 rings (SSSR count). The van der Waals surface area contributed by atoms with Gasteiger partial charge < -0.3 is 11.1 Å². The molecule has 0 spiro atoms. The van der Waals surface area contributed by atoms with Gasteiger partial charge in [-0.05, 0) is 25.5 Å². The molecular weight excluding hydrogens is 196 g/mol. The number of hydrogen-bond acceptors (Lipinski definition) is 2. The second-order valence-corrected chi connectivity index (χ2v) is 4.41. The largest absolute Gasteiger partial charge is 0.384 e. The van der Waals surface area contributed by atoms with E-state index >= 15 is 0 Å². The van der Waals surface area contributed by atoms with Crippen LogP contribution in [0.3, 0.4) is 0 Å². The van der Waals surface area contributed by atoms with Gasteiger partial charge in [-0.3, -0.25) is 0 Å². The number of aryl methyl sites for hydroxylation is 1. The Morgan fingerprint density at radius 1 is 1.57 bits per heavy atom. The molecule has 0 aliphatic carbocycles. The van der Waals surface area contributed by atoms with Gasteiger partial charge in [-0.2, -0.15) is 0 Å². The van der Waals surface area contributed by atoms with Crippen molar-refractivity contribution in [2.24, 2.45) is 5.73 Å². The summed E-state index contributed by atoms with van der Waals surface area (Å²) in [6, 6.07) is 4.14. The summed E-state index contributed by atoms with van der Waals surface area (Å²) in [6.07, 6.45) is 0. The number of rotatable bonds is 1. The van der Waals surface area contributed by atoms with Crippen LogP contribution in [-0.2, 0) is 0 Å². The molecule has 0 aromatic heterocycles. The fourth-order valence-corrected chi connectivity index (χ4v) is 2.36. The van der Waals surface area contributed by atoms with Gasteiger partial charge in [-0.15, -0.1) is 0 Å². The van der Waals surface area contributed by atoms with Crippen LogP contribution >= 0.6 is 11.6 Å². The van der Waals surface area contributed by atoms with Crippen molar-refractivity contribution in [3.05, 3.63) is 28.3 Å². The summed E-state index contributed by atoms with van der Waals surface area (Å²) in [6.45, 7) is 5.02. The first kappa shape index (κ1) is 9.81. The van der Waals surface area contributed by atoms with Gasteiger partial charge in [0.25, 0.3) is 0 Å². The maximum Gasteiger partial charge on any atom is 0.0462 e. The zero-order valence-corrected chi connectivity index (χ0v) is 9.23. The second-order valence-electron chi connectivity index (χ2n) is 4.00. The molecule has 0 radical (unpaired) electrons. The second kappa shape index (κ2) is 3.44. The lowest BCUT2D eigenvalue weighted by Gasteiger charge is -2.15. The Balaban J connectivity index is 2.53. The Morgan fingerprint density at radius 2 is 2.29 bits per heavy atom. The van der Waals surface area contributed by atoms with Gasteiger partial charge in [0.05, 0.1) is 0 Å². The predicted octanol–water partition coefficient (Wildman–Crippen LogP) is 2.50. The van der Waals surface area contributed by atoms with Crippen LogP contribution in [-0.4, -0.2) is 12.6 Å². The van der Waals surface area contributed by atoms with Crippen molar-refractivity contribution in [3.8, 4) is 0 Å². The lowest BCUT2D eigenvalue weighted by molar-refractivity contribution is 0.610. The first-order valence-corrected chi connectivity index (χ1v) is 5.27. The van der Waals surface area contributed by atoms with Crippen LogP contribution in [0.1, 0.15) is 24.0 Å². The summed E-state index contributed by atoms with van der Waals surface area (Å²) in [5.74, 6) is 0.345. The third kappa shape index (κ3) is 1.39. The van der Waals surface area contributed by atoms with E-state index in [1.165, 1.54) is 16.8 Å². The van der Waals surface area contributed by atoms with E-state index in [1.807, 2.05) is 19.1 Å². The van der Waals surface area contributed by atoms with Gasteiger partial charge in [0.15, 0.2) is 0 Å². The molecular formula is C11H15ClN2. The summed E-state index contributed by atoms with van der Waals surface area (Å²) < 4.78 is 0. The van der Waals surface area contributed by atoms with Crippen molar-refractivity contribution in [2.45, 2.75) is 25.8 Å². The Hall–Kier alpha value is -0.730. The molecule has 0 saturated heterocycles. The quantitative estimate of drug-likeness (QED) is 0.748. The number of nitrogens with two attached hydrogens (primary N) is 1. The van der Waals surface area contributed by atoms with E-state index in [0.29, 0.717) is 5.92 Å². The van der Waals surface area contributed by atoms with Crippen molar-refractivity contribution in [3.63, 3.8) is 0 Å². The highest BCUT2D eigenvalue weighted by Crippen LogP contribution is 2.40. The molecule has 2 unspecified atom stereocenters. The number of hydrogen-bond donors (Lipinski definition) is 2. The van der Waals surface area contributed by atoms with Crippen LogP contribution in [0.2, 0.25) is 5.02 Å². The first-order chi connectivity index (χ1) is 6.61. The summed E-state index contributed by atoms with van der Waals surface area (Å²) in [5.41, 5.74) is 9.55. The third-order valence-corrected chi connectivity index (χ3v) is 3.23. The van der Waals surface area contributed by atoms with E-state index in [-0.39, 0.29) is 6.04 Å². The molecule has 0 amide bonds. The van der Waals surface area contributed by atoms with Gasteiger partial charge in [-0.1, -0.05) is 17.7 Å². The van der Waals surface area contributed by atoms with Gasteiger partial charge >= 0.3 is 0 Å². The minimum Gasteiger partial charge on any atom is -0.384 e. The van der Waals surface area contributed by atoms with E-state index in [1.54, 1.807) is 0 Å². The highest BCUT2D eigenvalue weighted by Gasteiger charge is 2.28. The molecule has 3 heteroatoms. The van der Waals surface area contributed by atoms with Crippen LogP contribution < -0.4 is 11.1 Å². The molecule has 1 aliphatic rings. The number of benzene rings is 1. The summed E-state index contributed by atoms with van der Waals surface area (Å²) in [4.78, 5) is 0. The van der Waals surface area contributed by atoms with E-state index in [9.17, 15) is 0 Å². The van der Waals surface area contributed by atoms with Gasteiger partial charge in [0.2, 0.25) is 0 Å². The first-order valence-electron chi connectivity index (χ1n) is 4.89. The lowest BCUT2D eigenvalue weighted by Crippen LogP contribution is -2.26. The van der Waals surface area contributed by atoms with Gasteiger partial charge in [-0.25, -0.2) is 0 Å². The number of halogens is 1. The van der Waals surface area contributed by atoms with Crippen molar-refractivity contribution in [2.75, 3.05) is 11.9 Å². The molecule has 1 aromatic rings. The highest BCUT2D eigenvalue weighted by molar-refractivity contribution is 6.32. The monoisotopic (exact) mass is 210 g/mol. The third-order valence-electron chi connectivity index (χ3n) is 2.90. The molecule has 76 valence electrons. The normalized spacial score (nSPS) is 21.6. The molecule has 0 fully saturated rings. The zero-order valence-electron chi connectivity index (χ0n) is 8.47. The fourth-order valence-electron chi connectivity index (χ4n) is 2.06. The highest BCUT2D eigenvalue weighted by atomic mass is 35.5. The molecule has 14 heavy (non-hydrogen) atoms. The SMILES string of the molecule is Cc1ccc(Cl)c2c1NCC2C(C)N. The van der Waals surface area contributed by atoms with Crippen LogP contribution in [0.5, 0.6) is 0 Å². The van der Waals surface area contributed by atoms with E-state index in [0.717, 1.165) is 11.6 Å². The average molecular weight is 211 g/mol. The predicted molar refractivity (Wildman–Crippen MR) is 61.1 cm³/mol. The van der Waals surface area contributed by atoms with Crippen LogP contribution in [0.4, 0.5) is 5.69 Å². The number of fused-ring (bicyclic) bond motifs is 1. The maximum atomic E-state index is 6.18. The fraction of sp³-hybridized carbons (Fsp3) is 0.455. The van der Waals surface area contributed by atoms with Crippen LogP contribution in [0.25, 0.3) is 0 Å². The smallest absolute Gasteiger partial charge is 0.0462 e. The van der Waals surface area contributed by atoms with Crippen molar-refractivity contribution >= 4 is 17.3 Å². The molecule has 1 heterocycles. The minimum atomic E-state index is 0.142. The lowest BCUT2D eigenvalue weighted by atomic mass is 9.94. The standard InChI is InChI=1S/C11H15ClN2/c1-6-3-4-9(12)10-8(7(2)13)5-14-11(6)10/h3-4,7-8,14H,5,13H2,1-2H3. The molecule has 0 saturated carbocycles. The number of anilines is 1. The Bertz CT molecular complexity index is 361. The topological polar surface area (TPSA) is 38.0 Å². The van der Waals surface area contributed by atoms with Crippen molar-refractivity contribution in [1.29, 1.82) is 0 Å². The molecule has 1 aromatic carbocycles. The maximum absolute atomic E-state index is 6.18. The Morgan fingerprint density at radius 3 is 2.93 bits per heavy atom. The number of nitrogens with one attached hydrogen (secondary N) is 1. The zero-order chi connectivity index (χ0) is 10.3. The summed E-state index contributed by atoms with van der Waals surface area (Å²) in [7, 11) is 0. The Labute approximate surface area is 89.4 Å². The minimum absolute atomic E-state index is 0.142. The van der Waals surface area contributed by atoms with Gasteiger partial charge in [0.1, 0.15) is 0 Å².